The summed E-state index contributed by atoms with van der Waals surface area (Å²) in [6.45, 7) is 0.892. The SMILES string of the molecule is Nc1ncc(C2CCOC3(CCSC3)C2)s1. The molecule has 2 unspecified atom stereocenters. The van der Waals surface area contributed by atoms with Crippen molar-refractivity contribution in [1.82, 2.24) is 4.98 Å². The third-order valence-electron chi connectivity index (χ3n) is 3.50. The molecule has 1 aromatic rings. The molecule has 0 aromatic carbocycles. The fourth-order valence-corrected chi connectivity index (χ4v) is 4.82. The Morgan fingerprint density at radius 3 is 3.19 bits per heavy atom. The molecule has 5 heteroatoms. The van der Waals surface area contributed by atoms with E-state index in [1.165, 1.54) is 17.1 Å². The number of thioether (sulfide) groups is 1. The van der Waals surface area contributed by atoms with E-state index in [1.54, 1.807) is 11.3 Å². The maximum Gasteiger partial charge on any atom is 0.180 e. The van der Waals surface area contributed by atoms with Gasteiger partial charge < -0.3 is 10.5 Å². The number of rotatable bonds is 1. The van der Waals surface area contributed by atoms with Crippen LogP contribution in [0, 0.1) is 0 Å². The van der Waals surface area contributed by atoms with Crippen LogP contribution >= 0.6 is 23.1 Å². The van der Waals surface area contributed by atoms with Crippen LogP contribution in [0.15, 0.2) is 6.20 Å². The van der Waals surface area contributed by atoms with Gasteiger partial charge in [0.25, 0.3) is 0 Å². The van der Waals surface area contributed by atoms with Crippen molar-refractivity contribution in [3.8, 4) is 0 Å². The predicted octanol–water partition coefficient (Wildman–Crippen LogP) is 2.50. The maximum absolute atomic E-state index is 6.02. The molecule has 2 saturated heterocycles. The number of nitrogens with two attached hydrogens (primary N) is 1. The van der Waals surface area contributed by atoms with E-state index < -0.39 is 0 Å². The Labute approximate surface area is 104 Å². The molecule has 0 saturated carbocycles. The van der Waals surface area contributed by atoms with Crippen molar-refractivity contribution < 1.29 is 4.74 Å². The van der Waals surface area contributed by atoms with E-state index in [0.29, 0.717) is 11.0 Å². The summed E-state index contributed by atoms with van der Waals surface area (Å²) in [7, 11) is 0. The van der Waals surface area contributed by atoms with Gasteiger partial charge in [0.1, 0.15) is 0 Å². The van der Waals surface area contributed by atoms with E-state index in [9.17, 15) is 0 Å². The van der Waals surface area contributed by atoms with Gasteiger partial charge in [0.05, 0.1) is 5.60 Å². The molecule has 0 bridgehead atoms. The van der Waals surface area contributed by atoms with Crippen LogP contribution in [0.4, 0.5) is 5.13 Å². The molecule has 1 spiro atoms. The second kappa shape index (κ2) is 4.20. The number of nitrogens with zero attached hydrogens (tertiary/aromatic N) is 1. The molecule has 2 N–H and O–H groups in total. The molecule has 0 amide bonds. The van der Waals surface area contributed by atoms with Crippen LogP contribution in [0.3, 0.4) is 0 Å². The van der Waals surface area contributed by atoms with Gasteiger partial charge in [0.15, 0.2) is 5.13 Å². The van der Waals surface area contributed by atoms with Gasteiger partial charge >= 0.3 is 0 Å². The van der Waals surface area contributed by atoms with Crippen molar-refractivity contribution in [3.05, 3.63) is 11.1 Å². The molecule has 3 rings (SSSR count). The number of anilines is 1. The zero-order valence-electron chi connectivity index (χ0n) is 9.15. The number of hydrogen-bond donors (Lipinski definition) is 1. The van der Waals surface area contributed by atoms with Crippen LogP contribution in [0.5, 0.6) is 0 Å². The molecule has 88 valence electrons. The van der Waals surface area contributed by atoms with E-state index >= 15 is 0 Å². The molecular formula is C11H16N2OS2. The van der Waals surface area contributed by atoms with E-state index in [0.717, 1.165) is 25.2 Å². The molecule has 16 heavy (non-hydrogen) atoms. The lowest BCUT2D eigenvalue weighted by Gasteiger charge is -2.37. The first-order valence-corrected chi connectivity index (χ1v) is 7.67. The molecule has 3 nitrogen and oxygen atoms in total. The third kappa shape index (κ3) is 1.96. The standard InChI is InChI=1S/C11H16N2OS2/c12-10-13-6-9(16-10)8-1-3-14-11(5-8)2-4-15-7-11/h6,8H,1-5,7H2,(H2,12,13). The maximum atomic E-state index is 6.02. The van der Waals surface area contributed by atoms with E-state index in [1.807, 2.05) is 18.0 Å². The molecule has 1 aromatic heterocycles. The minimum Gasteiger partial charge on any atom is -0.375 e. The molecule has 3 heterocycles. The van der Waals surface area contributed by atoms with Gasteiger partial charge in [0.2, 0.25) is 0 Å². The van der Waals surface area contributed by atoms with E-state index in [4.69, 9.17) is 10.5 Å². The summed E-state index contributed by atoms with van der Waals surface area (Å²) >= 11 is 3.66. The first-order chi connectivity index (χ1) is 7.77. The fourth-order valence-electron chi connectivity index (χ4n) is 2.62. The summed E-state index contributed by atoms with van der Waals surface area (Å²) in [6, 6.07) is 0. The van der Waals surface area contributed by atoms with E-state index in [-0.39, 0.29) is 5.60 Å². The monoisotopic (exact) mass is 256 g/mol. The molecule has 2 aliphatic heterocycles. The highest BCUT2D eigenvalue weighted by molar-refractivity contribution is 7.99. The van der Waals surface area contributed by atoms with Crippen LogP contribution in [0.25, 0.3) is 0 Å². The van der Waals surface area contributed by atoms with Gasteiger partial charge in [-0.1, -0.05) is 0 Å². The Kier molecular flexibility index (Phi) is 2.85. The first kappa shape index (κ1) is 10.9. The summed E-state index contributed by atoms with van der Waals surface area (Å²) in [4.78, 5) is 5.50. The highest BCUT2D eigenvalue weighted by atomic mass is 32.2. The average Bonchev–Trinajstić information content (AvgIpc) is 2.89. The minimum absolute atomic E-state index is 0.159. The topological polar surface area (TPSA) is 48.1 Å². The smallest absolute Gasteiger partial charge is 0.180 e. The second-order valence-corrected chi connectivity index (χ2v) is 6.82. The molecule has 0 radical (unpaired) electrons. The van der Waals surface area contributed by atoms with Crippen molar-refractivity contribution in [2.75, 3.05) is 23.8 Å². The lowest BCUT2D eigenvalue weighted by atomic mass is 9.85. The Morgan fingerprint density at radius 1 is 1.56 bits per heavy atom. The second-order valence-electron chi connectivity index (χ2n) is 4.62. The normalized spacial score (nSPS) is 34.6. The Hall–Kier alpha value is -0.260. The zero-order chi connectivity index (χ0) is 11.0. The molecule has 2 fully saturated rings. The third-order valence-corrected chi connectivity index (χ3v) is 5.72. The van der Waals surface area contributed by atoms with Gasteiger partial charge in [-0.05, 0) is 30.9 Å². The van der Waals surface area contributed by atoms with Crippen molar-refractivity contribution in [2.24, 2.45) is 0 Å². The Bertz CT molecular complexity index is 374. The summed E-state index contributed by atoms with van der Waals surface area (Å²) < 4.78 is 6.02. The van der Waals surface area contributed by atoms with Gasteiger partial charge in [0, 0.05) is 23.4 Å². The van der Waals surface area contributed by atoms with Gasteiger partial charge in [-0.15, -0.1) is 11.3 Å². The largest absolute Gasteiger partial charge is 0.375 e. The van der Waals surface area contributed by atoms with Crippen molar-refractivity contribution in [2.45, 2.75) is 30.8 Å². The lowest BCUT2D eigenvalue weighted by Crippen LogP contribution is -2.38. The molecular weight excluding hydrogens is 240 g/mol. The Balaban J connectivity index is 1.77. The summed E-state index contributed by atoms with van der Waals surface area (Å²) in [5.74, 6) is 3.03. The summed E-state index contributed by atoms with van der Waals surface area (Å²) in [5.41, 5.74) is 5.86. The van der Waals surface area contributed by atoms with Crippen molar-refractivity contribution in [1.29, 1.82) is 0 Å². The Morgan fingerprint density at radius 2 is 2.50 bits per heavy atom. The number of nitrogen functional groups attached to an aromatic ring is 1. The van der Waals surface area contributed by atoms with Crippen molar-refractivity contribution >= 4 is 28.2 Å². The quantitative estimate of drug-likeness (QED) is 0.838. The molecule has 2 aliphatic rings. The van der Waals surface area contributed by atoms with Crippen LogP contribution in [0.1, 0.15) is 30.1 Å². The first-order valence-electron chi connectivity index (χ1n) is 5.70. The van der Waals surface area contributed by atoms with Crippen LogP contribution in [-0.2, 0) is 4.74 Å². The fraction of sp³-hybridized carbons (Fsp3) is 0.727. The summed E-state index contributed by atoms with van der Waals surface area (Å²) in [6.07, 6.45) is 5.43. The van der Waals surface area contributed by atoms with Gasteiger partial charge in [-0.2, -0.15) is 11.8 Å². The molecule has 0 aliphatic carbocycles. The highest BCUT2D eigenvalue weighted by Crippen LogP contribution is 2.44. The van der Waals surface area contributed by atoms with Gasteiger partial charge in [-0.25, -0.2) is 4.98 Å². The predicted molar refractivity (Wildman–Crippen MR) is 69.1 cm³/mol. The number of thiazole rings is 1. The lowest BCUT2D eigenvalue weighted by molar-refractivity contribution is -0.0663. The van der Waals surface area contributed by atoms with Crippen molar-refractivity contribution in [3.63, 3.8) is 0 Å². The van der Waals surface area contributed by atoms with E-state index in [2.05, 4.69) is 4.98 Å². The molecule has 2 atom stereocenters. The number of ether oxygens (including phenoxy) is 1. The van der Waals surface area contributed by atoms with Crippen LogP contribution in [-0.4, -0.2) is 28.7 Å². The van der Waals surface area contributed by atoms with Crippen LogP contribution < -0.4 is 5.73 Å². The average molecular weight is 256 g/mol. The number of aromatic nitrogens is 1. The van der Waals surface area contributed by atoms with Gasteiger partial charge in [-0.3, -0.25) is 0 Å². The number of hydrogen-bond acceptors (Lipinski definition) is 5. The highest BCUT2D eigenvalue weighted by Gasteiger charge is 2.41. The minimum atomic E-state index is 0.159. The summed E-state index contributed by atoms with van der Waals surface area (Å²) in [5, 5.41) is 0.691. The van der Waals surface area contributed by atoms with Crippen LogP contribution in [0.2, 0.25) is 0 Å². The zero-order valence-corrected chi connectivity index (χ0v) is 10.8.